The summed E-state index contributed by atoms with van der Waals surface area (Å²) in [4.78, 5) is 15.9. The van der Waals surface area contributed by atoms with Crippen LogP contribution in [0.25, 0.3) is 0 Å². The third-order valence-electron chi connectivity index (χ3n) is 4.94. The fourth-order valence-electron chi connectivity index (χ4n) is 3.36. The number of alkyl halides is 3. The van der Waals surface area contributed by atoms with Crippen LogP contribution in [0.2, 0.25) is 0 Å². The molecule has 1 aromatic heterocycles. The minimum Gasteiger partial charge on any atom is -0.491 e. The van der Waals surface area contributed by atoms with Gasteiger partial charge < -0.3 is 9.72 Å². The van der Waals surface area contributed by atoms with Crippen LogP contribution >= 0.6 is 0 Å². The lowest BCUT2D eigenvalue weighted by molar-refractivity contribution is -0.137. The Morgan fingerprint density at radius 1 is 1.07 bits per heavy atom. The second-order valence-electron chi connectivity index (χ2n) is 6.92. The lowest BCUT2D eigenvalue weighted by Crippen LogP contribution is -2.37. The molecular formula is C20H23F3N2O2. The van der Waals surface area contributed by atoms with E-state index >= 15 is 0 Å². The van der Waals surface area contributed by atoms with E-state index in [1.165, 1.54) is 18.2 Å². The zero-order valence-corrected chi connectivity index (χ0v) is 15.0. The predicted octanol–water partition coefficient (Wildman–Crippen LogP) is 3.73. The molecule has 4 nitrogen and oxygen atoms in total. The average Bonchev–Trinajstić information content (AvgIpc) is 2.64. The fourth-order valence-corrected chi connectivity index (χ4v) is 3.36. The molecule has 2 heterocycles. The molecule has 7 heteroatoms. The molecule has 0 radical (unpaired) electrons. The van der Waals surface area contributed by atoms with Gasteiger partial charge in [0.25, 0.3) is 0 Å². The molecule has 146 valence electrons. The number of halogens is 3. The van der Waals surface area contributed by atoms with E-state index in [0.717, 1.165) is 44.5 Å². The number of hydrogen-bond donors (Lipinski definition) is 1. The standard InChI is InChI=1S/C20H23F3N2O2/c21-20(22,23)17-3-1-15(2-4-17)13-16-7-9-25(10-8-16)11-12-27-18-5-6-19(26)24-14-18/h1-6,14,16H,7-13H2,(H,24,26). The molecule has 3 rings (SSSR count). The van der Waals surface area contributed by atoms with Gasteiger partial charge in [0.15, 0.2) is 0 Å². The second kappa shape index (κ2) is 8.61. The van der Waals surface area contributed by atoms with Crippen molar-refractivity contribution >= 4 is 0 Å². The van der Waals surface area contributed by atoms with Gasteiger partial charge >= 0.3 is 6.18 Å². The topological polar surface area (TPSA) is 45.3 Å². The van der Waals surface area contributed by atoms with Gasteiger partial charge in [-0.2, -0.15) is 13.2 Å². The number of likely N-dealkylation sites (tertiary alicyclic amines) is 1. The van der Waals surface area contributed by atoms with Crippen molar-refractivity contribution in [1.82, 2.24) is 9.88 Å². The first kappa shape index (κ1) is 19.5. The molecule has 1 fully saturated rings. The quantitative estimate of drug-likeness (QED) is 0.831. The number of benzene rings is 1. The smallest absolute Gasteiger partial charge is 0.416 e. The average molecular weight is 380 g/mol. The van der Waals surface area contributed by atoms with Crippen LogP contribution in [-0.4, -0.2) is 36.1 Å². The van der Waals surface area contributed by atoms with Crippen LogP contribution in [0, 0.1) is 5.92 Å². The molecule has 0 bridgehead atoms. The molecule has 0 saturated carbocycles. The maximum atomic E-state index is 12.6. The van der Waals surface area contributed by atoms with Crippen molar-refractivity contribution in [1.29, 1.82) is 0 Å². The Labute approximate surface area is 156 Å². The maximum Gasteiger partial charge on any atom is 0.416 e. The van der Waals surface area contributed by atoms with Crippen molar-refractivity contribution in [2.45, 2.75) is 25.4 Å². The van der Waals surface area contributed by atoms with Gasteiger partial charge in [-0.15, -0.1) is 0 Å². The molecule has 1 N–H and O–H groups in total. The number of aromatic nitrogens is 1. The number of hydrogen-bond acceptors (Lipinski definition) is 3. The number of pyridine rings is 1. The summed E-state index contributed by atoms with van der Waals surface area (Å²) in [6.07, 6.45) is 0.152. The normalized spacial score (nSPS) is 16.4. The Morgan fingerprint density at radius 3 is 2.37 bits per heavy atom. The first-order chi connectivity index (χ1) is 12.9. The van der Waals surface area contributed by atoms with Crippen molar-refractivity contribution in [2.75, 3.05) is 26.2 Å². The van der Waals surface area contributed by atoms with Crippen molar-refractivity contribution in [3.05, 3.63) is 64.1 Å². The Morgan fingerprint density at radius 2 is 1.78 bits per heavy atom. The van der Waals surface area contributed by atoms with Crippen molar-refractivity contribution in [3.8, 4) is 5.75 Å². The van der Waals surface area contributed by atoms with Gasteiger partial charge in [-0.25, -0.2) is 0 Å². The summed E-state index contributed by atoms with van der Waals surface area (Å²) in [5.41, 5.74) is 0.212. The van der Waals surface area contributed by atoms with Crippen LogP contribution in [0.15, 0.2) is 47.4 Å². The second-order valence-corrected chi connectivity index (χ2v) is 6.92. The number of aromatic amines is 1. The molecule has 2 aromatic rings. The van der Waals surface area contributed by atoms with Gasteiger partial charge in [0.2, 0.25) is 5.56 Å². The predicted molar refractivity (Wildman–Crippen MR) is 96.9 cm³/mol. The fraction of sp³-hybridized carbons (Fsp3) is 0.450. The molecule has 1 saturated heterocycles. The molecule has 0 spiro atoms. The molecular weight excluding hydrogens is 357 g/mol. The van der Waals surface area contributed by atoms with E-state index < -0.39 is 11.7 Å². The third kappa shape index (κ3) is 5.85. The molecule has 27 heavy (non-hydrogen) atoms. The molecule has 0 amide bonds. The van der Waals surface area contributed by atoms with Gasteiger partial charge in [-0.05, 0) is 62.0 Å². The van der Waals surface area contributed by atoms with E-state index in [9.17, 15) is 18.0 Å². The van der Waals surface area contributed by atoms with Crippen LogP contribution in [0.3, 0.4) is 0 Å². The van der Waals surface area contributed by atoms with Crippen LogP contribution in [-0.2, 0) is 12.6 Å². The Hall–Kier alpha value is -2.28. The maximum absolute atomic E-state index is 12.6. The molecule has 0 aliphatic carbocycles. The lowest BCUT2D eigenvalue weighted by Gasteiger charge is -2.31. The van der Waals surface area contributed by atoms with E-state index in [1.54, 1.807) is 24.4 Å². The number of ether oxygens (including phenoxy) is 1. The Bertz CT molecular complexity index is 759. The summed E-state index contributed by atoms with van der Waals surface area (Å²) >= 11 is 0. The van der Waals surface area contributed by atoms with E-state index in [4.69, 9.17) is 4.74 Å². The highest BCUT2D eigenvalue weighted by molar-refractivity contribution is 5.25. The number of H-pyrrole nitrogens is 1. The Kier molecular flexibility index (Phi) is 6.21. The van der Waals surface area contributed by atoms with Gasteiger partial charge in [0.05, 0.1) is 5.56 Å². The van der Waals surface area contributed by atoms with Crippen molar-refractivity contribution in [3.63, 3.8) is 0 Å². The van der Waals surface area contributed by atoms with Crippen LogP contribution in [0.5, 0.6) is 5.75 Å². The zero-order chi connectivity index (χ0) is 19.3. The highest BCUT2D eigenvalue weighted by Gasteiger charge is 2.30. The van der Waals surface area contributed by atoms with Gasteiger partial charge in [-0.1, -0.05) is 12.1 Å². The van der Waals surface area contributed by atoms with E-state index in [2.05, 4.69) is 9.88 Å². The molecule has 1 aromatic carbocycles. The first-order valence-electron chi connectivity index (χ1n) is 9.10. The SMILES string of the molecule is O=c1ccc(OCCN2CCC(Cc3ccc(C(F)(F)F)cc3)CC2)c[nH]1. The molecule has 1 aliphatic heterocycles. The minimum absolute atomic E-state index is 0.155. The first-order valence-corrected chi connectivity index (χ1v) is 9.10. The van der Waals surface area contributed by atoms with Crippen LogP contribution < -0.4 is 10.3 Å². The summed E-state index contributed by atoms with van der Waals surface area (Å²) in [7, 11) is 0. The van der Waals surface area contributed by atoms with E-state index in [1.807, 2.05) is 0 Å². The van der Waals surface area contributed by atoms with Crippen LogP contribution in [0.4, 0.5) is 13.2 Å². The number of nitrogens with zero attached hydrogens (tertiary/aromatic N) is 1. The van der Waals surface area contributed by atoms with Gasteiger partial charge in [0, 0.05) is 18.8 Å². The highest BCUT2D eigenvalue weighted by atomic mass is 19.4. The van der Waals surface area contributed by atoms with E-state index in [-0.39, 0.29) is 5.56 Å². The van der Waals surface area contributed by atoms with Crippen molar-refractivity contribution in [2.24, 2.45) is 5.92 Å². The zero-order valence-electron chi connectivity index (χ0n) is 15.0. The summed E-state index contributed by atoms with van der Waals surface area (Å²) in [5.74, 6) is 1.14. The molecule has 0 atom stereocenters. The molecule has 1 aliphatic rings. The summed E-state index contributed by atoms with van der Waals surface area (Å²) in [6, 6.07) is 8.59. The van der Waals surface area contributed by atoms with E-state index in [0.29, 0.717) is 18.3 Å². The largest absolute Gasteiger partial charge is 0.491 e. The summed E-state index contributed by atoms with van der Waals surface area (Å²) in [5, 5.41) is 0. The monoisotopic (exact) mass is 380 g/mol. The van der Waals surface area contributed by atoms with Crippen molar-refractivity contribution < 1.29 is 17.9 Å². The minimum atomic E-state index is -4.28. The van der Waals surface area contributed by atoms with Gasteiger partial charge in [-0.3, -0.25) is 9.69 Å². The summed E-state index contributed by atoms with van der Waals surface area (Å²) < 4.78 is 43.5. The number of nitrogens with one attached hydrogen (secondary N) is 1. The molecule has 0 unspecified atom stereocenters. The summed E-state index contributed by atoms with van der Waals surface area (Å²) in [6.45, 7) is 3.28. The lowest BCUT2D eigenvalue weighted by atomic mass is 9.90. The number of piperidine rings is 1. The highest BCUT2D eigenvalue weighted by Crippen LogP contribution is 2.30. The Balaban J connectivity index is 1.38. The third-order valence-corrected chi connectivity index (χ3v) is 4.94. The number of rotatable bonds is 6. The van der Waals surface area contributed by atoms with Crippen LogP contribution in [0.1, 0.15) is 24.0 Å². The van der Waals surface area contributed by atoms with Gasteiger partial charge in [0.1, 0.15) is 12.4 Å².